The molecular weight excluding hydrogens is 596 g/mol. The zero-order valence-corrected chi connectivity index (χ0v) is 28.6. The number of rotatable bonds is 6. The van der Waals surface area contributed by atoms with Crippen molar-refractivity contribution in [3.63, 3.8) is 0 Å². The van der Waals surface area contributed by atoms with Gasteiger partial charge in [0.25, 0.3) is 5.91 Å². The summed E-state index contributed by atoms with van der Waals surface area (Å²) >= 11 is 0. The van der Waals surface area contributed by atoms with E-state index in [1.807, 2.05) is 0 Å². The Hall–Kier alpha value is -3.38. The predicted octanol–water partition coefficient (Wildman–Crippen LogP) is 2.98. The van der Waals surface area contributed by atoms with Crippen LogP contribution in [0.5, 0.6) is 0 Å². The topological polar surface area (TPSA) is 169 Å². The molecule has 3 aliphatic rings. The molecular formula is C33H54N4O9. The van der Waals surface area contributed by atoms with Gasteiger partial charge in [0.15, 0.2) is 6.10 Å². The van der Waals surface area contributed by atoms with Gasteiger partial charge in [0.05, 0.1) is 13.2 Å². The Balaban J connectivity index is 1.92. The van der Waals surface area contributed by atoms with Crippen LogP contribution in [0.4, 0.5) is 4.79 Å². The number of nitrogens with zero attached hydrogens (tertiary/aromatic N) is 1. The van der Waals surface area contributed by atoms with Crippen molar-refractivity contribution in [3.8, 4) is 0 Å². The molecule has 13 nitrogen and oxygen atoms in total. The van der Waals surface area contributed by atoms with E-state index in [-0.39, 0.29) is 23.2 Å². The monoisotopic (exact) mass is 650 g/mol. The van der Waals surface area contributed by atoms with Crippen LogP contribution in [0.3, 0.4) is 0 Å². The maximum Gasteiger partial charge on any atom is 0.408 e. The van der Waals surface area contributed by atoms with Crippen LogP contribution in [-0.2, 0) is 38.2 Å². The van der Waals surface area contributed by atoms with Gasteiger partial charge in [0, 0.05) is 13.5 Å². The van der Waals surface area contributed by atoms with Gasteiger partial charge in [-0.25, -0.2) is 4.79 Å². The van der Waals surface area contributed by atoms with Gasteiger partial charge in [-0.2, -0.15) is 0 Å². The molecule has 0 bridgehead atoms. The molecule has 1 saturated carbocycles. The third kappa shape index (κ3) is 10.1. The lowest BCUT2D eigenvalue weighted by Gasteiger charge is -2.35. The van der Waals surface area contributed by atoms with Crippen LogP contribution < -0.4 is 16.0 Å². The van der Waals surface area contributed by atoms with Gasteiger partial charge in [-0.3, -0.25) is 24.0 Å². The second kappa shape index (κ2) is 15.9. The van der Waals surface area contributed by atoms with Gasteiger partial charge < -0.3 is 35.1 Å². The van der Waals surface area contributed by atoms with E-state index < -0.39 is 66.2 Å². The lowest BCUT2D eigenvalue weighted by atomic mass is 9.97. The third-order valence-corrected chi connectivity index (χ3v) is 9.39. The van der Waals surface area contributed by atoms with Crippen LogP contribution in [0.15, 0.2) is 0 Å². The van der Waals surface area contributed by atoms with E-state index in [9.17, 15) is 28.8 Å². The Morgan fingerprint density at radius 2 is 1.57 bits per heavy atom. The molecule has 3 rings (SSSR count). The van der Waals surface area contributed by atoms with E-state index >= 15 is 0 Å². The quantitative estimate of drug-likeness (QED) is 0.289. The third-order valence-electron chi connectivity index (χ3n) is 9.39. The number of hydrogen-bond donors (Lipinski definition) is 3. The summed E-state index contributed by atoms with van der Waals surface area (Å²) < 4.78 is 15.5. The fraction of sp³-hybridized carbons (Fsp3) is 0.818. The minimum atomic E-state index is -1.40. The molecule has 13 heteroatoms. The number of amides is 4. The number of carbonyl (C=O) groups is 6. The highest BCUT2D eigenvalue weighted by Crippen LogP contribution is 2.65. The molecule has 2 saturated heterocycles. The predicted molar refractivity (Wildman–Crippen MR) is 168 cm³/mol. The zero-order valence-electron chi connectivity index (χ0n) is 28.6. The van der Waals surface area contributed by atoms with E-state index in [0.717, 1.165) is 44.9 Å². The maximum absolute atomic E-state index is 14.2. The van der Waals surface area contributed by atoms with E-state index in [4.69, 9.17) is 9.47 Å². The Labute approximate surface area is 272 Å². The van der Waals surface area contributed by atoms with Gasteiger partial charge in [-0.15, -0.1) is 0 Å². The minimum Gasteiger partial charge on any atom is -0.468 e. The molecule has 0 aromatic rings. The van der Waals surface area contributed by atoms with E-state index in [2.05, 4.69) is 34.5 Å². The fourth-order valence-electron chi connectivity index (χ4n) is 6.89. The minimum absolute atomic E-state index is 0.0889. The second-order valence-electron chi connectivity index (χ2n) is 14.4. The first-order valence-corrected chi connectivity index (χ1v) is 16.7. The smallest absolute Gasteiger partial charge is 0.408 e. The van der Waals surface area contributed by atoms with Gasteiger partial charge in [-0.05, 0) is 50.9 Å². The number of fused-ring (bicyclic) bond motifs is 3. The number of esters is 2. The van der Waals surface area contributed by atoms with Crippen molar-refractivity contribution in [3.05, 3.63) is 0 Å². The highest BCUT2D eigenvalue weighted by molar-refractivity contribution is 5.94. The highest BCUT2D eigenvalue weighted by atomic mass is 16.6. The van der Waals surface area contributed by atoms with Gasteiger partial charge in [0.2, 0.25) is 11.8 Å². The van der Waals surface area contributed by atoms with Crippen molar-refractivity contribution in [2.75, 3.05) is 20.2 Å². The lowest BCUT2D eigenvalue weighted by molar-refractivity contribution is -0.157. The lowest BCUT2D eigenvalue weighted by Crippen LogP contribution is -2.59. The molecule has 3 fully saturated rings. The molecule has 3 N–H and O–H groups in total. The van der Waals surface area contributed by atoms with Crippen LogP contribution in [0.25, 0.3) is 0 Å². The molecule has 0 spiro atoms. The van der Waals surface area contributed by atoms with Crippen molar-refractivity contribution < 1.29 is 43.0 Å². The van der Waals surface area contributed by atoms with E-state index in [1.165, 1.54) is 14.0 Å². The molecule has 0 aromatic carbocycles. The molecule has 1 unspecified atom stereocenters. The molecule has 260 valence electrons. The number of ether oxygens (including phenoxy) is 3. The first-order chi connectivity index (χ1) is 21.6. The van der Waals surface area contributed by atoms with E-state index in [0.29, 0.717) is 25.8 Å². The normalized spacial score (nSPS) is 27.9. The Morgan fingerprint density at radius 1 is 0.978 bits per heavy atom. The summed E-state index contributed by atoms with van der Waals surface area (Å²) in [6, 6.07) is -2.61. The Morgan fingerprint density at radius 3 is 2.13 bits per heavy atom. The largest absolute Gasteiger partial charge is 0.468 e. The zero-order chi connectivity index (χ0) is 34.2. The van der Waals surface area contributed by atoms with Crippen molar-refractivity contribution in [2.24, 2.45) is 17.3 Å². The Bertz CT molecular complexity index is 1130. The SMILES string of the molecule is COC(=O)CNC(=O)C(OC(C)=O)[C@@H]1CCCCCCCCCC[C@H](NC(=O)OC(C)(C)C)C(=O)N2C[C@H]3[C@@H]([C@H]2C(=O)N1)C3(C)C. The number of nitrogens with one attached hydrogen (secondary N) is 3. The first kappa shape index (κ1) is 37.1. The average Bonchev–Trinajstić information content (AvgIpc) is 3.27. The van der Waals surface area contributed by atoms with Crippen LogP contribution >= 0.6 is 0 Å². The van der Waals surface area contributed by atoms with Crippen molar-refractivity contribution in [2.45, 2.75) is 136 Å². The van der Waals surface area contributed by atoms with Crippen LogP contribution in [-0.4, -0.2) is 90.7 Å². The molecule has 1 aliphatic carbocycles. The number of carbonyl (C=O) groups excluding carboxylic acids is 6. The molecule has 0 aromatic heterocycles. The van der Waals surface area contributed by atoms with Crippen molar-refractivity contribution in [1.82, 2.24) is 20.9 Å². The molecule has 0 radical (unpaired) electrons. The summed E-state index contributed by atoms with van der Waals surface area (Å²) in [7, 11) is 1.19. The Kier molecular flexibility index (Phi) is 12.9. The summed E-state index contributed by atoms with van der Waals surface area (Å²) in [6.07, 6.45) is 5.84. The number of alkyl carbamates (subject to hydrolysis) is 1. The summed E-state index contributed by atoms with van der Waals surface area (Å²) in [6.45, 7) is 10.5. The average molecular weight is 651 g/mol. The molecule has 6 atom stereocenters. The second-order valence-corrected chi connectivity index (χ2v) is 14.4. The highest BCUT2D eigenvalue weighted by Gasteiger charge is 2.69. The first-order valence-electron chi connectivity index (χ1n) is 16.7. The number of methoxy groups -OCH3 is 1. The summed E-state index contributed by atoms with van der Waals surface area (Å²) in [5.41, 5.74) is -0.934. The van der Waals surface area contributed by atoms with E-state index in [1.54, 1.807) is 25.7 Å². The van der Waals surface area contributed by atoms with Crippen molar-refractivity contribution >= 4 is 35.8 Å². The van der Waals surface area contributed by atoms with Crippen LogP contribution in [0, 0.1) is 17.3 Å². The maximum atomic E-state index is 14.2. The summed E-state index contributed by atoms with van der Waals surface area (Å²) in [5.74, 6) is -2.95. The fourth-order valence-corrected chi connectivity index (χ4v) is 6.89. The molecule has 2 heterocycles. The molecule has 2 aliphatic heterocycles. The van der Waals surface area contributed by atoms with Gasteiger partial charge in [-0.1, -0.05) is 65.2 Å². The van der Waals surface area contributed by atoms with Gasteiger partial charge >= 0.3 is 18.0 Å². The summed E-state index contributed by atoms with van der Waals surface area (Å²) in [4.78, 5) is 79.8. The molecule has 4 amide bonds. The van der Waals surface area contributed by atoms with Crippen LogP contribution in [0.1, 0.15) is 106 Å². The van der Waals surface area contributed by atoms with Gasteiger partial charge in [0.1, 0.15) is 24.2 Å². The standard InChI is InChI=1S/C33H54N4O9/c1-20(38)45-27(29(41)34-18-24(39)44-7)22-16-14-12-10-8-9-11-13-15-17-23(36-31(43)46-32(2,3)4)30(42)37-19-21-25(33(21,5)6)26(37)28(40)35-22/h21-23,25-27H,8-19H2,1-7H3,(H,34,41)(H,35,40)(H,36,43)/t21-,22-,23-,25-,26-,27?/m0/s1. The number of piperidine rings is 1. The number of hydrogen-bond acceptors (Lipinski definition) is 9. The van der Waals surface area contributed by atoms with Crippen molar-refractivity contribution in [1.29, 1.82) is 0 Å². The molecule has 46 heavy (non-hydrogen) atoms. The van der Waals surface area contributed by atoms with Crippen LogP contribution in [0.2, 0.25) is 0 Å². The summed E-state index contributed by atoms with van der Waals surface area (Å²) in [5, 5.41) is 8.19.